The van der Waals surface area contributed by atoms with Crippen molar-refractivity contribution in [2.24, 2.45) is 0 Å². The molecule has 0 spiro atoms. The van der Waals surface area contributed by atoms with Crippen LogP contribution in [0.1, 0.15) is 19.4 Å². The minimum atomic E-state index is -0.768. The molecule has 0 radical (unpaired) electrons. The van der Waals surface area contributed by atoms with E-state index in [1.165, 1.54) is 24.3 Å². The smallest absolute Gasteiger partial charge is 0.349 e. The zero-order valence-corrected chi connectivity index (χ0v) is 10.0. The summed E-state index contributed by atoms with van der Waals surface area (Å²) < 4.78 is 4.87. The second kappa shape index (κ2) is 5.73. The van der Waals surface area contributed by atoms with E-state index in [0.717, 1.165) is 0 Å². The molecule has 5 nitrogen and oxygen atoms in total. The number of carbonyl (C=O) groups is 1. The highest BCUT2D eigenvalue weighted by molar-refractivity contribution is 5.98. The number of rotatable bonds is 3. The molecule has 94 valence electrons. The molecule has 0 aliphatic carbocycles. The van der Waals surface area contributed by atoms with Crippen molar-refractivity contribution in [3.05, 3.63) is 29.3 Å². The standard InChI is InChI=1S/C13H13NO4/c1-8(2)18-13(17)10(7-14)6-9-4-3-5-11(15)12(9)16/h3-6,8,15-16H,1-2H3/b10-6+. The van der Waals surface area contributed by atoms with Crippen LogP contribution in [0.4, 0.5) is 0 Å². The summed E-state index contributed by atoms with van der Waals surface area (Å²) in [4.78, 5) is 11.5. The molecule has 0 unspecified atom stereocenters. The summed E-state index contributed by atoms with van der Waals surface area (Å²) >= 11 is 0. The fourth-order valence-electron chi connectivity index (χ4n) is 1.24. The topological polar surface area (TPSA) is 90.6 Å². The van der Waals surface area contributed by atoms with Crippen LogP contribution in [-0.4, -0.2) is 22.3 Å². The lowest BCUT2D eigenvalue weighted by Gasteiger charge is -2.07. The van der Waals surface area contributed by atoms with E-state index in [9.17, 15) is 15.0 Å². The lowest BCUT2D eigenvalue weighted by atomic mass is 10.1. The predicted octanol–water partition coefficient (Wildman–Crippen LogP) is 1.96. The number of ether oxygens (including phenoxy) is 1. The molecular weight excluding hydrogens is 234 g/mol. The first kappa shape index (κ1) is 13.6. The number of aromatic hydroxyl groups is 2. The molecule has 5 heteroatoms. The third kappa shape index (κ3) is 3.25. The summed E-state index contributed by atoms with van der Waals surface area (Å²) in [6.45, 7) is 3.33. The molecule has 0 heterocycles. The number of phenols is 2. The maximum atomic E-state index is 11.5. The number of carbonyl (C=O) groups excluding carboxylic acids is 1. The monoisotopic (exact) mass is 247 g/mol. The van der Waals surface area contributed by atoms with Crippen LogP contribution in [0.25, 0.3) is 6.08 Å². The maximum absolute atomic E-state index is 11.5. The Bertz CT molecular complexity index is 526. The second-order valence-corrected chi connectivity index (χ2v) is 3.84. The van der Waals surface area contributed by atoms with Crippen LogP contribution in [0.5, 0.6) is 11.5 Å². The molecule has 0 aliphatic rings. The van der Waals surface area contributed by atoms with E-state index in [-0.39, 0.29) is 28.7 Å². The number of para-hydroxylation sites is 1. The summed E-state index contributed by atoms with van der Waals surface area (Å²) in [7, 11) is 0. The van der Waals surface area contributed by atoms with Crippen LogP contribution in [0.15, 0.2) is 23.8 Å². The number of hydrogen-bond donors (Lipinski definition) is 2. The van der Waals surface area contributed by atoms with Gasteiger partial charge in [-0.3, -0.25) is 0 Å². The zero-order chi connectivity index (χ0) is 13.7. The quantitative estimate of drug-likeness (QED) is 0.369. The van der Waals surface area contributed by atoms with Crippen molar-refractivity contribution in [2.45, 2.75) is 20.0 Å². The summed E-state index contributed by atoms with van der Waals surface area (Å²) in [5.41, 5.74) is -0.0724. The molecule has 1 aromatic carbocycles. The molecule has 1 rings (SSSR count). The predicted molar refractivity (Wildman–Crippen MR) is 64.6 cm³/mol. The Morgan fingerprint density at radius 1 is 1.44 bits per heavy atom. The minimum absolute atomic E-state index is 0.173. The van der Waals surface area contributed by atoms with Gasteiger partial charge in [0.1, 0.15) is 11.6 Å². The molecule has 1 aromatic rings. The summed E-state index contributed by atoms with van der Waals surface area (Å²) in [6.07, 6.45) is 0.826. The van der Waals surface area contributed by atoms with Crippen molar-refractivity contribution in [1.29, 1.82) is 5.26 Å². The van der Waals surface area contributed by atoms with Gasteiger partial charge in [0.15, 0.2) is 11.5 Å². The van der Waals surface area contributed by atoms with Crippen LogP contribution >= 0.6 is 0 Å². The van der Waals surface area contributed by atoms with Gasteiger partial charge in [-0.1, -0.05) is 12.1 Å². The third-order valence-corrected chi connectivity index (χ3v) is 2.03. The highest BCUT2D eigenvalue weighted by Crippen LogP contribution is 2.29. The van der Waals surface area contributed by atoms with Gasteiger partial charge in [-0.05, 0) is 26.0 Å². The zero-order valence-electron chi connectivity index (χ0n) is 10.0. The normalized spacial score (nSPS) is 11.1. The number of nitrogens with zero attached hydrogens (tertiary/aromatic N) is 1. The highest BCUT2D eigenvalue weighted by atomic mass is 16.5. The maximum Gasteiger partial charge on any atom is 0.349 e. The molecule has 2 N–H and O–H groups in total. The molecule has 0 atom stereocenters. The Morgan fingerprint density at radius 3 is 2.67 bits per heavy atom. The Kier molecular flexibility index (Phi) is 4.33. The molecule has 0 bridgehead atoms. The first-order valence-corrected chi connectivity index (χ1v) is 5.29. The molecule has 0 aromatic heterocycles. The van der Waals surface area contributed by atoms with E-state index >= 15 is 0 Å². The van der Waals surface area contributed by atoms with Crippen molar-refractivity contribution in [2.75, 3.05) is 0 Å². The van der Waals surface area contributed by atoms with Crippen LogP contribution in [-0.2, 0) is 9.53 Å². The molecule has 0 fully saturated rings. The van der Waals surface area contributed by atoms with Gasteiger partial charge in [-0.2, -0.15) is 5.26 Å². The van der Waals surface area contributed by atoms with Crippen LogP contribution in [0.3, 0.4) is 0 Å². The SMILES string of the molecule is CC(C)OC(=O)/C(C#N)=C/c1cccc(O)c1O. The Balaban J connectivity index is 3.09. The Morgan fingerprint density at radius 2 is 2.11 bits per heavy atom. The van der Waals surface area contributed by atoms with Gasteiger partial charge in [-0.15, -0.1) is 0 Å². The number of esters is 1. The van der Waals surface area contributed by atoms with Gasteiger partial charge >= 0.3 is 5.97 Å². The van der Waals surface area contributed by atoms with Gasteiger partial charge in [0.2, 0.25) is 0 Å². The van der Waals surface area contributed by atoms with Crippen LogP contribution in [0.2, 0.25) is 0 Å². The van der Waals surface area contributed by atoms with Crippen molar-refractivity contribution in [3.63, 3.8) is 0 Å². The molecule has 0 saturated carbocycles. The van der Waals surface area contributed by atoms with E-state index < -0.39 is 5.97 Å². The largest absolute Gasteiger partial charge is 0.504 e. The van der Waals surface area contributed by atoms with E-state index in [1.807, 2.05) is 0 Å². The highest BCUT2D eigenvalue weighted by Gasteiger charge is 2.14. The first-order chi connectivity index (χ1) is 8.45. The van der Waals surface area contributed by atoms with E-state index in [2.05, 4.69) is 0 Å². The molecule has 0 aliphatic heterocycles. The molecule has 0 saturated heterocycles. The van der Waals surface area contributed by atoms with Gasteiger partial charge in [-0.25, -0.2) is 4.79 Å². The van der Waals surface area contributed by atoms with Gasteiger partial charge in [0.05, 0.1) is 6.10 Å². The number of hydrogen-bond acceptors (Lipinski definition) is 5. The van der Waals surface area contributed by atoms with Crippen LogP contribution < -0.4 is 0 Å². The number of benzene rings is 1. The van der Waals surface area contributed by atoms with Crippen molar-refractivity contribution in [1.82, 2.24) is 0 Å². The number of phenolic OH excluding ortho intramolecular Hbond substituents is 2. The van der Waals surface area contributed by atoms with E-state index in [0.29, 0.717) is 0 Å². The second-order valence-electron chi connectivity index (χ2n) is 3.84. The van der Waals surface area contributed by atoms with Crippen LogP contribution in [0, 0.1) is 11.3 Å². The van der Waals surface area contributed by atoms with Gasteiger partial charge in [0, 0.05) is 5.56 Å². The summed E-state index contributed by atoms with van der Waals surface area (Å²) in [5.74, 6) is -1.48. The van der Waals surface area contributed by atoms with Crippen molar-refractivity contribution >= 4 is 12.0 Å². The Labute approximate surface area is 105 Å². The first-order valence-electron chi connectivity index (χ1n) is 5.29. The van der Waals surface area contributed by atoms with Gasteiger partial charge < -0.3 is 14.9 Å². The Hall–Kier alpha value is -2.48. The van der Waals surface area contributed by atoms with Gasteiger partial charge in [0.25, 0.3) is 0 Å². The summed E-state index contributed by atoms with van der Waals surface area (Å²) in [6, 6.07) is 5.95. The van der Waals surface area contributed by atoms with E-state index in [1.54, 1.807) is 19.9 Å². The molecule has 18 heavy (non-hydrogen) atoms. The average Bonchev–Trinajstić information content (AvgIpc) is 2.30. The lowest BCUT2D eigenvalue weighted by molar-refractivity contribution is -0.142. The molecular formula is C13H13NO4. The fraction of sp³-hybridized carbons (Fsp3) is 0.231. The third-order valence-electron chi connectivity index (χ3n) is 2.03. The molecule has 0 amide bonds. The fourth-order valence-corrected chi connectivity index (χ4v) is 1.24. The van der Waals surface area contributed by atoms with Crippen molar-refractivity contribution in [3.8, 4) is 17.6 Å². The lowest BCUT2D eigenvalue weighted by Crippen LogP contribution is -2.12. The number of nitriles is 1. The summed E-state index contributed by atoms with van der Waals surface area (Å²) in [5, 5.41) is 27.7. The minimum Gasteiger partial charge on any atom is -0.504 e. The van der Waals surface area contributed by atoms with E-state index in [4.69, 9.17) is 10.00 Å². The van der Waals surface area contributed by atoms with Crippen molar-refractivity contribution < 1.29 is 19.7 Å². The average molecular weight is 247 g/mol.